The van der Waals surface area contributed by atoms with E-state index in [2.05, 4.69) is 35.0 Å². The van der Waals surface area contributed by atoms with Crippen molar-refractivity contribution in [2.75, 3.05) is 17.6 Å². The minimum atomic E-state index is -0.196. The number of unbranched alkanes of at least 4 members (excludes halogenated alkanes) is 12. The smallest absolute Gasteiger partial charge is 0.238 e. The zero-order chi connectivity index (χ0) is 25.8. The number of allylic oxidation sites excluding steroid dienone is 2. The second-order valence-electron chi connectivity index (χ2n) is 9.93. The number of thioether (sulfide) groups is 1. The number of amides is 2. The Morgan fingerprint density at radius 2 is 1.53 bits per heavy atom. The van der Waals surface area contributed by atoms with E-state index in [1.54, 1.807) is 11.8 Å². The lowest BCUT2D eigenvalue weighted by molar-refractivity contribution is -0.122. The fourth-order valence-electron chi connectivity index (χ4n) is 4.54. The first kappa shape index (κ1) is 30.4. The van der Waals surface area contributed by atoms with Gasteiger partial charge in [-0.2, -0.15) is 0 Å². The molecule has 0 aromatic heterocycles. The van der Waals surface area contributed by atoms with Crippen molar-refractivity contribution < 1.29 is 9.59 Å². The third kappa shape index (κ3) is 13.0. The van der Waals surface area contributed by atoms with Gasteiger partial charge in [-0.05, 0) is 38.2 Å². The molecule has 1 aromatic carbocycles. The molecule has 1 fully saturated rings. The molecule has 1 aliphatic rings. The Balaban J connectivity index is 1.45. The Kier molecular flexibility index (Phi) is 16.3. The van der Waals surface area contributed by atoms with Crippen molar-refractivity contribution in [3.05, 3.63) is 42.0 Å². The van der Waals surface area contributed by atoms with E-state index in [0.717, 1.165) is 30.0 Å². The Morgan fingerprint density at radius 3 is 2.19 bits per heavy atom. The van der Waals surface area contributed by atoms with Crippen molar-refractivity contribution >= 4 is 29.3 Å². The molecule has 0 spiro atoms. The average Bonchev–Trinajstić information content (AvgIpc) is 3.36. The van der Waals surface area contributed by atoms with Crippen LogP contribution in [0.15, 0.2) is 36.4 Å². The number of rotatable bonds is 19. The Hall–Kier alpha value is -1.79. The molecular formula is C30H49N3O2S. The van der Waals surface area contributed by atoms with Crippen molar-refractivity contribution in [2.45, 2.75) is 115 Å². The fraction of sp³-hybridized carbons (Fsp3) is 0.667. The van der Waals surface area contributed by atoms with Gasteiger partial charge < -0.3 is 10.6 Å². The van der Waals surface area contributed by atoms with Gasteiger partial charge in [0.15, 0.2) is 0 Å². The van der Waals surface area contributed by atoms with Gasteiger partial charge in [-0.25, -0.2) is 0 Å². The molecule has 2 rings (SSSR count). The van der Waals surface area contributed by atoms with Crippen LogP contribution in [-0.2, 0) is 9.59 Å². The van der Waals surface area contributed by atoms with E-state index in [0.29, 0.717) is 0 Å². The molecule has 1 unspecified atom stereocenters. The summed E-state index contributed by atoms with van der Waals surface area (Å²) in [6.45, 7) is 4.53. The molecule has 3 N–H and O–H groups in total. The van der Waals surface area contributed by atoms with Gasteiger partial charge in [0, 0.05) is 30.5 Å². The van der Waals surface area contributed by atoms with E-state index in [1.807, 2.05) is 24.3 Å². The van der Waals surface area contributed by atoms with Crippen molar-refractivity contribution in [2.24, 2.45) is 0 Å². The van der Waals surface area contributed by atoms with E-state index >= 15 is 0 Å². The van der Waals surface area contributed by atoms with Crippen molar-refractivity contribution in [1.29, 1.82) is 0 Å². The van der Waals surface area contributed by atoms with Crippen LogP contribution in [0.25, 0.3) is 0 Å². The first-order valence-corrected chi connectivity index (χ1v) is 15.3. The highest BCUT2D eigenvalue weighted by molar-refractivity contribution is 7.99. The number of carbonyl (C=O) groups excluding carboxylic acids is 2. The van der Waals surface area contributed by atoms with Crippen molar-refractivity contribution in [1.82, 2.24) is 10.6 Å². The highest BCUT2D eigenvalue weighted by Gasteiger charge is 2.31. The van der Waals surface area contributed by atoms with Crippen LogP contribution in [0.3, 0.4) is 0 Å². The van der Waals surface area contributed by atoms with Crippen molar-refractivity contribution in [3.63, 3.8) is 0 Å². The minimum absolute atomic E-state index is 0.00778. The monoisotopic (exact) mass is 515 g/mol. The third-order valence-electron chi connectivity index (χ3n) is 6.64. The van der Waals surface area contributed by atoms with Crippen LogP contribution in [0.1, 0.15) is 115 Å². The first-order chi connectivity index (χ1) is 17.6. The number of carbonyl (C=O) groups is 2. The molecule has 1 saturated heterocycles. The van der Waals surface area contributed by atoms with Crippen LogP contribution < -0.4 is 16.0 Å². The quantitative estimate of drug-likeness (QED) is 0.132. The zero-order valence-electron chi connectivity index (χ0n) is 22.7. The maximum absolute atomic E-state index is 12.6. The fourth-order valence-corrected chi connectivity index (χ4v) is 5.82. The molecule has 36 heavy (non-hydrogen) atoms. The van der Waals surface area contributed by atoms with E-state index in [-0.39, 0.29) is 23.2 Å². The minimum Gasteiger partial charge on any atom is -0.355 e. The highest BCUT2D eigenvalue weighted by atomic mass is 32.2. The summed E-state index contributed by atoms with van der Waals surface area (Å²) < 4.78 is 0. The topological polar surface area (TPSA) is 70.2 Å². The zero-order valence-corrected chi connectivity index (χ0v) is 23.5. The molecule has 1 aliphatic heterocycles. The summed E-state index contributed by atoms with van der Waals surface area (Å²) in [7, 11) is 0. The van der Waals surface area contributed by atoms with Crippen LogP contribution in [0.4, 0.5) is 5.69 Å². The van der Waals surface area contributed by atoms with Crippen LogP contribution >= 0.6 is 11.8 Å². The summed E-state index contributed by atoms with van der Waals surface area (Å²) in [5, 5.41) is 9.41. The van der Waals surface area contributed by atoms with Gasteiger partial charge >= 0.3 is 0 Å². The van der Waals surface area contributed by atoms with Gasteiger partial charge in [0.1, 0.15) is 0 Å². The van der Waals surface area contributed by atoms with E-state index in [1.165, 1.54) is 90.4 Å². The van der Waals surface area contributed by atoms with Gasteiger partial charge in [0.2, 0.25) is 11.8 Å². The highest BCUT2D eigenvalue weighted by Crippen LogP contribution is 2.36. The van der Waals surface area contributed by atoms with Gasteiger partial charge in [-0.15, -0.1) is 11.8 Å². The summed E-state index contributed by atoms with van der Waals surface area (Å²) in [4.78, 5) is 24.1. The lowest BCUT2D eigenvalue weighted by Crippen LogP contribution is -2.42. The van der Waals surface area contributed by atoms with Crippen LogP contribution in [0.2, 0.25) is 0 Å². The number of hydrogen-bond acceptors (Lipinski definition) is 4. The Labute approximate surface area is 224 Å². The van der Waals surface area contributed by atoms with E-state index in [4.69, 9.17) is 0 Å². The third-order valence-corrected chi connectivity index (χ3v) is 7.89. The molecule has 1 aromatic rings. The van der Waals surface area contributed by atoms with Crippen molar-refractivity contribution in [3.8, 4) is 0 Å². The number of benzene rings is 1. The maximum atomic E-state index is 12.6. The van der Waals surface area contributed by atoms with Crippen LogP contribution in [-0.4, -0.2) is 30.2 Å². The molecule has 0 bridgehead atoms. The van der Waals surface area contributed by atoms with E-state index < -0.39 is 0 Å². The molecule has 2 atom stereocenters. The molecule has 0 aliphatic carbocycles. The second kappa shape index (κ2) is 19.3. The maximum Gasteiger partial charge on any atom is 0.238 e. The SMILES string of the molecule is CCCCCCCCC/C=C/CCCCCCCNC(=O)[C@@H]1CSC(c2ccccc2NC(C)=O)N1. The van der Waals surface area contributed by atoms with E-state index in [9.17, 15) is 9.59 Å². The predicted octanol–water partition coefficient (Wildman–Crippen LogP) is 7.50. The largest absolute Gasteiger partial charge is 0.355 e. The van der Waals surface area contributed by atoms with Gasteiger partial charge in [-0.3, -0.25) is 14.9 Å². The molecule has 2 amide bonds. The Morgan fingerprint density at radius 1 is 0.917 bits per heavy atom. The van der Waals surface area contributed by atoms with Crippen LogP contribution in [0, 0.1) is 0 Å². The summed E-state index contributed by atoms with van der Waals surface area (Å²) in [5.74, 6) is 0.723. The summed E-state index contributed by atoms with van der Waals surface area (Å²) >= 11 is 1.71. The molecule has 6 heteroatoms. The molecule has 0 saturated carbocycles. The number of para-hydroxylation sites is 1. The molecular weight excluding hydrogens is 466 g/mol. The standard InChI is InChI=1S/C30H49N3O2S/c1-3-4-5-6-7-8-9-10-11-12-13-14-15-16-17-20-23-31-29(35)28-24-36-30(33-28)26-21-18-19-22-27(26)32-25(2)34/h11-12,18-19,21-22,28,30,33H,3-10,13-17,20,23-24H2,1-2H3,(H,31,35)(H,32,34)/b12-11+/t28-,30?/m0/s1. The number of nitrogens with one attached hydrogen (secondary N) is 3. The summed E-state index contributed by atoms with van der Waals surface area (Å²) in [6, 6.07) is 7.58. The van der Waals surface area contributed by atoms with Gasteiger partial charge in [0.25, 0.3) is 0 Å². The summed E-state index contributed by atoms with van der Waals surface area (Å²) in [5.41, 5.74) is 1.82. The molecule has 1 heterocycles. The number of anilines is 1. The normalized spacial score (nSPS) is 17.5. The van der Waals surface area contributed by atoms with Gasteiger partial charge in [0.05, 0.1) is 11.4 Å². The molecule has 0 radical (unpaired) electrons. The number of hydrogen-bond donors (Lipinski definition) is 3. The second-order valence-corrected chi connectivity index (χ2v) is 11.1. The molecule has 5 nitrogen and oxygen atoms in total. The lowest BCUT2D eigenvalue weighted by Gasteiger charge is -2.17. The lowest BCUT2D eigenvalue weighted by atomic mass is 10.1. The predicted molar refractivity (Wildman–Crippen MR) is 155 cm³/mol. The first-order valence-electron chi connectivity index (χ1n) is 14.3. The molecule has 202 valence electrons. The van der Waals surface area contributed by atoms with Crippen LogP contribution in [0.5, 0.6) is 0 Å². The average molecular weight is 516 g/mol. The Bertz CT molecular complexity index is 783. The van der Waals surface area contributed by atoms with Gasteiger partial charge in [-0.1, -0.05) is 95.1 Å². The summed E-state index contributed by atoms with van der Waals surface area (Å²) in [6.07, 6.45) is 22.8.